The second-order valence-electron chi connectivity index (χ2n) is 6.86. The molecule has 7 nitrogen and oxygen atoms in total. The van der Waals surface area contributed by atoms with E-state index in [0.717, 1.165) is 61.4 Å². The van der Waals surface area contributed by atoms with Crippen LogP contribution in [0.4, 0.5) is 0 Å². The number of morpholine rings is 1. The topological polar surface area (TPSA) is 68.2 Å². The lowest BCUT2D eigenvalue weighted by Gasteiger charge is -2.26. The molecule has 0 radical (unpaired) electrons. The lowest BCUT2D eigenvalue weighted by Crippen LogP contribution is -2.37. The molecule has 1 aliphatic rings. The first-order valence-electron chi connectivity index (χ1n) is 10.0. The van der Waals surface area contributed by atoms with Gasteiger partial charge in [0.2, 0.25) is 0 Å². The molecule has 0 unspecified atom stereocenters. The molecule has 7 heteroatoms. The number of pyridine rings is 1. The van der Waals surface area contributed by atoms with Crippen LogP contribution in [0, 0.1) is 0 Å². The van der Waals surface area contributed by atoms with Crippen molar-refractivity contribution in [3.8, 4) is 11.5 Å². The maximum atomic E-state index is 6.03. The fraction of sp³-hybridized carbons (Fsp3) is 0.455. The molecule has 0 bridgehead atoms. The van der Waals surface area contributed by atoms with Gasteiger partial charge in [0.05, 0.1) is 38.2 Å². The van der Waals surface area contributed by atoms with Crippen molar-refractivity contribution in [3.63, 3.8) is 0 Å². The number of allylic oxidation sites excluding steroid dienone is 1. The van der Waals surface area contributed by atoms with Gasteiger partial charge in [-0.1, -0.05) is 6.08 Å². The number of hydrazone groups is 1. The highest BCUT2D eigenvalue weighted by atomic mass is 16.5. The van der Waals surface area contributed by atoms with Gasteiger partial charge in [0.25, 0.3) is 0 Å². The lowest BCUT2D eigenvalue weighted by molar-refractivity contribution is 0.0357. The zero-order valence-corrected chi connectivity index (χ0v) is 17.5. The third kappa shape index (κ3) is 5.68. The smallest absolute Gasteiger partial charge is 0.163 e. The van der Waals surface area contributed by atoms with Gasteiger partial charge in [-0.15, -0.1) is 0 Å². The van der Waals surface area contributed by atoms with Crippen molar-refractivity contribution in [2.45, 2.75) is 20.3 Å². The molecular weight excluding hydrogens is 368 g/mol. The number of benzene rings is 1. The van der Waals surface area contributed by atoms with E-state index in [-0.39, 0.29) is 0 Å². The van der Waals surface area contributed by atoms with Gasteiger partial charge in [0.1, 0.15) is 0 Å². The van der Waals surface area contributed by atoms with Crippen molar-refractivity contribution in [1.29, 1.82) is 0 Å². The van der Waals surface area contributed by atoms with E-state index < -0.39 is 0 Å². The number of aromatic nitrogens is 1. The summed E-state index contributed by atoms with van der Waals surface area (Å²) in [5, 5.41) is 5.36. The van der Waals surface area contributed by atoms with E-state index in [1.807, 2.05) is 38.1 Å². The summed E-state index contributed by atoms with van der Waals surface area (Å²) in [6, 6.07) is 5.88. The van der Waals surface area contributed by atoms with Crippen LogP contribution in [0.2, 0.25) is 0 Å². The molecule has 0 spiro atoms. The fourth-order valence-electron chi connectivity index (χ4n) is 3.31. The SMILES string of the molecule is C/C=C\N/N=C(\C)c1ccnc2cc(OCCCN3CCOCC3)c(OC)cc12. The number of nitrogens with one attached hydrogen (secondary N) is 1. The zero-order chi connectivity index (χ0) is 20.5. The minimum atomic E-state index is 0.632. The second kappa shape index (κ2) is 10.8. The van der Waals surface area contributed by atoms with E-state index in [0.29, 0.717) is 18.1 Å². The van der Waals surface area contributed by atoms with Crippen molar-refractivity contribution in [2.24, 2.45) is 5.10 Å². The highest BCUT2D eigenvalue weighted by Crippen LogP contribution is 2.33. The summed E-state index contributed by atoms with van der Waals surface area (Å²) in [6.45, 7) is 9.18. The predicted molar refractivity (Wildman–Crippen MR) is 116 cm³/mol. The third-order valence-corrected chi connectivity index (χ3v) is 4.87. The Balaban J connectivity index is 1.72. The van der Waals surface area contributed by atoms with Gasteiger partial charge in [-0.05, 0) is 32.4 Å². The second-order valence-corrected chi connectivity index (χ2v) is 6.86. The molecule has 0 aliphatic carbocycles. The first-order valence-corrected chi connectivity index (χ1v) is 10.0. The Kier molecular flexibility index (Phi) is 7.84. The number of rotatable bonds is 9. The maximum absolute atomic E-state index is 6.03. The number of ether oxygens (including phenoxy) is 3. The van der Waals surface area contributed by atoms with Crippen molar-refractivity contribution >= 4 is 16.6 Å². The lowest BCUT2D eigenvalue weighted by atomic mass is 10.1. The van der Waals surface area contributed by atoms with Crippen LogP contribution in [0.15, 0.2) is 41.8 Å². The molecule has 1 fully saturated rings. The molecule has 29 heavy (non-hydrogen) atoms. The maximum Gasteiger partial charge on any atom is 0.163 e. The Labute approximate surface area is 172 Å². The van der Waals surface area contributed by atoms with Gasteiger partial charge in [0.15, 0.2) is 11.5 Å². The number of nitrogens with zero attached hydrogens (tertiary/aromatic N) is 3. The molecule has 1 N–H and O–H groups in total. The average molecular weight is 399 g/mol. The average Bonchev–Trinajstić information content (AvgIpc) is 2.76. The number of hydrogen-bond donors (Lipinski definition) is 1. The highest BCUT2D eigenvalue weighted by Gasteiger charge is 2.13. The standard InChI is InChI=1S/C22H30N4O3/c1-4-7-24-25-17(2)18-6-8-23-20-16-22(21(27-3)15-19(18)20)29-12-5-9-26-10-13-28-14-11-26/h4,6-8,15-16,24H,5,9-14H2,1-3H3/b7-4-,25-17+. The molecule has 1 aliphatic heterocycles. The molecular formula is C22H30N4O3. The monoisotopic (exact) mass is 398 g/mol. The largest absolute Gasteiger partial charge is 0.493 e. The molecule has 0 amide bonds. The number of fused-ring (bicyclic) bond motifs is 1. The van der Waals surface area contributed by atoms with Gasteiger partial charge in [-0.3, -0.25) is 15.3 Å². The van der Waals surface area contributed by atoms with Crippen molar-refractivity contribution < 1.29 is 14.2 Å². The Morgan fingerprint density at radius 3 is 2.90 bits per heavy atom. The Hall–Kier alpha value is -2.64. The summed E-state index contributed by atoms with van der Waals surface area (Å²) >= 11 is 0. The van der Waals surface area contributed by atoms with E-state index in [9.17, 15) is 0 Å². The summed E-state index contributed by atoms with van der Waals surface area (Å²) < 4.78 is 17.0. The number of hydrogen-bond acceptors (Lipinski definition) is 7. The van der Waals surface area contributed by atoms with E-state index >= 15 is 0 Å². The molecule has 2 heterocycles. The molecule has 1 saturated heterocycles. The van der Waals surface area contributed by atoms with Crippen LogP contribution in [-0.4, -0.2) is 62.2 Å². The van der Waals surface area contributed by atoms with Crippen molar-refractivity contribution in [3.05, 3.63) is 42.2 Å². The molecule has 0 atom stereocenters. The minimum Gasteiger partial charge on any atom is -0.493 e. The third-order valence-electron chi connectivity index (χ3n) is 4.87. The van der Waals surface area contributed by atoms with Gasteiger partial charge < -0.3 is 14.2 Å². The van der Waals surface area contributed by atoms with Crippen LogP contribution in [-0.2, 0) is 4.74 Å². The van der Waals surface area contributed by atoms with E-state index in [1.165, 1.54) is 0 Å². The summed E-state index contributed by atoms with van der Waals surface area (Å²) in [4.78, 5) is 6.92. The zero-order valence-electron chi connectivity index (χ0n) is 17.5. The first kappa shape index (κ1) is 21.1. The van der Waals surface area contributed by atoms with E-state index in [1.54, 1.807) is 19.5 Å². The Morgan fingerprint density at radius 1 is 1.31 bits per heavy atom. The molecule has 0 saturated carbocycles. The quantitative estimate of drug-likeness (QED) is 0.397. The van der Waals surface area contributed by atoms with Crippen molar-refractivity contribution in [2.75, 3.05) is 46.6 Å². The van der Waals surface area contributed by atoms with Crippen molar-refractivity contribution in [1.82, 2.24) is 15.3 Å². The Bertz CT molecular complexity index is 861. The van der Waals surface area contributed by atoms with Crippen LogP contribution >= 0.6 is 0 Å². The minimum absolute atomic E-state index is 0.632. The first-order chi connectivity index (χ1) is 14.2. The van der Waals surface area contributed by atoms with Crippen LogP contribution in [0.1, 0.15) is 25.8 Å². The van der Waals surface area contributed by atoms with Gasteiger partial charge in [-0.2, -0.15) is 5.10 Å². The van der Waals surface area contributed by atoms with Crippen LogP contribution in [0.3, 0.4) is 0 Å². The molecule has 1 aromatic heterocycles. The molecule has 1 aromatic carbocycles. The normalized spacial score (nSPS) is 15.8. The van der Waals surface area contributed by atoms with Crippen LogP contribution < -0.4 is 14.9 Å². The predicted octanol–water partition coefficient (Wildman–Crippen LogP) is 3.19. The van der Waals surface area contributed by atoms with E-state index in [4.69, 9.17) is 14.2 Å². The summed E-state index contributed by atoms with van der Waals surface area (Å²) in [6.07, 6.45) is 6.43. The van der Waals surface area contributed by atoms with Gasteiger partial charge in [0, 0.05) is 49.0 Å². The van der Waals surface area contributed by atoms with E-state index in [2.05, 4.69) is 20.4 Å². The van der Waals surface area contributed by atoms with Crippen LogP contribution in [0.25, 0.3) is 10.9 Å². The van der Waals surface area contributed by atoms with Gasteiger partial charge >= 0.3 is 0 Å². The molecule has 156 valence electrons. The van der Waals surface area contributed by atoms with Crippen LogP contribution in [0.5, 0.6) is 11.5 Å². The highest BCUT2D eigenvalue weighted by molar-refractivity contribution is 6.09. The summed E-state index contributed by atoms with van der Waals surface area (Å²) in [5.41, 5.74) is 5.65. The summed E-state index contributed by atoms with van der Waals surface area (Å²) in [5.74, 6) is 1.42. The Morgan fingerprint density at radius 2 is 2.14 bits per heavy atom. The van der Waals surface area contributed by atoms with Gasteiger partial charge in [-0.25, -0.2) is 0 Å². The number of methoxy groups -OCH3 is 1. The summed E-state index contributed by atoms with van der Waals surface area (Å²) in [7, 11) is 1.66. The molecule has 2 aromatic rings. The molecule has 3 rings (SSSR count). The fourth-order valence-corrected chi connectivity index (χ4v) is 3.31.